The predicted molar refractivity (Wildman–Crippen MR) is 65.0 cm³/mol. The molecule has 1 amide bonds. The van der Waals surface area contributed by atoms with E-state index in [1.165, 1.54) is 0 Å². The normalized spacial score (nSPS) is 9.75. The minimum Gasteiger partial charge on any atom is -0.497 e. The maximum absolute atomic E-state index is 11.6. The fourth-order valence-corrected chi connectivity index (χ4v) is 3.22. The molecule has 0 spiro atoms. The quantitative estimate of drug-likeness (QED) is 0.347. The van der Waals surface area contributed by atoms with Gasteiger partial charge in [0.25, 0.3) is 0 Å². The van der Waals surface area contributed by atoms with Gasteiger partial charge >= 0.3 is 0 Å². The first-order valence-corrected chi connectivity index (χ1v) is 7.76. The molecule has 1 aromatic carbocycles. The number of hydrogen-bond donors (Lipinski definition) is 0. The van der Waals surface area contributed by atoms with Crippen LogP contribution in [0, 0.1) is 0 Å². The number of rotatable bonds is 3. The summed E-state index contributed by atoms with van der Waals surface area (Å²) in [5, 5.41) is 4.03. The lowest BCUT2D eigenvalue weighted by Crippen LogP contribution is -2.30. The summed E-state index contributed by atoms with van der Waals surface area (Å²) < 4.78 is 5.22. The molecule has 0 saturated heterocycles. The summed E-state index contributed by atoms with van der Waals surface area (Å²) in [5.74, 6) is 0.151. The summed E-state index contributed by atoms with van der Waals surface area (Å²) in [5.41, 5.74) is 8.73. The monoisotopic (exact) mass is 235 g/mol. The average Bonchev–Trinajstić information content (AvgIpc) is 2.28. The minimum absolute atomic E-state index is 0.457. The maximum atomic E-state index is 11.6. The molecule has 0 saturated carbocycles. The van der Waals surface area contributed by atoms with E-state index in [0.29, 0.717) is 11.3 Å². The van der Waals surface area contributed by atoms with Gasteiger partial charge in [-0.05, 0) is 21.9 Å². The number of carbonyl (C=O) groups excluding carboxylic acids is 1. The molecule has 6 heteroatoms. The van der Waals surface area contributed by atoms with E-state index in [0.717, 1.165) is 5.19 Å². The third-order valence-electron chi connectivity index (χ3n) is 2.23. The molecular formula is C10H13N3O2Si. The Morgan fingerprint density at radius 2 is 2.19 bits per heavy atom. The summed E-state index contributed by atoms with van der Waals surface area (Å²) in [4.78, 5) is 14.1. The Morgan fingerprint density at radius 3 is 2.69 bits per heavy atom. The van der Waals surface area contributed by atoms with Gasteiger partial charge in [0, 0.05) is 10.5 Å². The first kappa shape index (κ1) is 12.3. The van der Waals surface area contributed by atoms with Gasteiger partial charge in [0.2, 0.25) is 5.91 Å². The lowest BCUT2D eigenvalue weighted by molar-refractivity contribution is 0.100. The van der Waals surface area contributed by atoms with Gasteiger partial charge in [-0.15, -0.1) is 0 Å². The van der Waals surface area contributed by atoms with Gasteiger partial charge in [-0.3, -0.25) is 4.79 Å². The van der Waals surface area contributed by atoms with Crippen molar-refractivity contribution in [2.24, 2.45) is 5.11 Å². The highest BCUT2D eigenvalue weighted by atomic mass is 28.3. The van der Waals surface area contributed by atoms with Crippen LogP contribution < -0.4 is 9.92 Å². The van der Waals surface area contributed by atoms with E-state index >= 15 is 0 Å². The fourth-order valence-electron chi connectivity index (χ4n) is 1.60. The van der Waals surface area contributed by atoms with Crippen molar-refractivity contribution in [3.63, 3.8) is 0 Å². The molecule has 0 radical (unpaired) electrons. The van der Waals surface area contributed by atoms with Crippen LogP contribution in [0.25, 0.3) is 10.4 Å². The smallest absolute Gasteiger partial charge is 0.249 e. The second-order valence-corrected chi connectivity index (χ2v) is 6.46. The van der Waals surface area contributed by atoms with Gasteiger partial charge in [-0.2, -0.15) is 0 Å². The Labute approximate surface area is 95.3 Å². The van der Waals surface area contributed by atoms with E-state index < -0.39 is 14.7 Å². The van der Waals surface area contributed by atoms with Gasteiger partial charge in [-0.1, -0.05) is 25.2 Å². The molecule has 0 heterocycles. The molecule has 84 valence electrons. The van der Waals surface area contributed by atoms with Gasteiger partial charge in [0.05, 0.1) is 15.9 Å². The molecule has 5 nitrogen and oxygen atoms in total. The van der Waals surface area contributed by atoms with Crippen molar-refractivity contribution < 1.29 is 9.53 Å². The highest BCUT2D eigenvalue weighted by Crippen LogP contribution is 2.13. The van der Waals surface area contributed by atoms with Crippen molar-refractivity contribution >= 4 is 19.9 Å². The van der Waals surface area contributed by atoms with Crippen LogP contribution in [-0.2, 0) is 0 Å². The second kappa shape index (κ2) is 5.34. The number of amides is 1. The predicted octanol–water partition coefficient (Wildman–Crippen LogP) is 1.84. The molecule has 0 N–H and O–H groups in total. The minimum atomic E-state index is -1.24. The van der Waals surface area contributed by atoms with Crippen LogP contribution in [0.5, 0.6) is 5.75 Å². The van der Waals surface area contributed by atoms with Crippen LogP contribution in [0.2, 0.25) is 13.1 Å². The number of methoxy groups -OCH3 is 1. The lowest BCUT2D eigenvalue weighted by Gasteiger charge is -2.14. The fraction of sp³-hybridized carbons (Fsp3) is 0.300. The van der Waals surface area contributed by atoms with Gasteiger partial charge in [0.15, 0.2) is 0 Å². The number of benzene rings is 1. The highest BCUT2D eigenvalue weighted by molar-refractivity contribution is 6.72. The van der Waals surface area contributed by atoms with Crippen LogP contribution in [-0.4, -0.2) is 21.8 Å². The van der Waals surface area contributed by atoms with E-state index in [1.807, 2.05) is 6.07 Å². The van der Waals surface area contributed by atoms with Gasteiger partial charge < -0.3 is 4.74 Å². The van der Waals surface area contributed by atoms with E-state index in [9.17, 15) is 4.79 Å². The Hall–Kier alpha value is -1.78. The van der Waals surface area contributed by atoms with Crippen LogP contribution in [0.4, 0.5) is 0 Å². The van der Waals surface area contributed by atoms with E-state index in [-0.39, 0.29) is 0 Å². The Kier molecular flexibility index (Phi) is 4.10. The summed E-state index contributed by atoms with van der Waals surface area (Å²) in [6, 6.07) is 5.20. The largest absolute Gasteiger partial charge is 0.497 e. The Bertz CT molecular complexity index is 453. The summed E-state index contributed by atoms with van der Waals surface area (Å²) in [6.45, 7) is 4.18. The molecule has 1 aromatic rings. The van der Waals surface area contributed by atoms with E-state index in [4.69, 9.17) is 10.3 Å². The molecule has 0 bridgehead atoms. The maximum Gasteiger partial charge on any atom is 0.249 e. The number of ether oxygens (including phenoxy) is 1. The van der Waals surface area contributed by atoms with Crippen molar-refractivity contribution in [3.05, 3.63) is 34.2 Å². The standard InChI is InChI=1S/C10H13N3O2Si/c1-15-8-6-4-5-7(9(8)16(2)3)10(14)12-13-11/h4-6,16H,1-3H3. The Balaban J connectivity index is 3.38. The van der Waals surface area contributed by atoms with Crippen molar-refractivity contribution in [2.45, 2.75) is 13.1 Å². The van der Waals surface area contributed by atoms with Gasteiger partial charge in [0.1, 0.15) is 5.75 Å². The topological polar surface area (TPSA) is 75.1 Å². The summed E-state index contributed by atoms with van der Waals surface area (Å²) in [7, 11) is 0.331. The number of azide groups is 1. The van der Waals surface area contributed by atoms with Crippen LogP contribution in [0.3, 0.4) is 0 Å². The van der Waals surface area contributed by atoms with Crippen LogP contribution >= 0.6 is 0 Å². The van der Waals surface area contributed by atoms with E-state index in [1.54, 1.807) is 19.2 Å². The average molecular weight is 235 g/mol. The molecule has 0 aliphatic heterocycles. The van der Waals surface area contributed by atoms with Crippen molar-refractivity contribution in [2.75, 3.05) is 7.11 Å². The molecule has 0 atom stereocenters. The zero-order valence-corrected chi connectivity index (χ0v) is 10.6. The zero-order valence-electron chi connectivity index (χ0n) is 9.47. The van der Waals surface area contributed by atoms with Crippen LogP contribution in [0.15, 0.2) is 23.3 Å². The lowest BCUT2D eigenvalue weighted by atomic mass is 10.2. The summed E-state index contributed by atoms with van der Waals surface area (Å²) >= 11 is 0. The zero-order chi connectivity index (χ0) is 12.1. The molecule has 0 unspecified atom stereocenters. The molecule has 0 aliphatic rings. The Morgan fingerprint density at radius 1 is 1.50 bits per heavy atom. The third-order valence-corrected chi connectivity index (χ3v) is 3.98. The first-order chi connectivity index (χ1) is 7.61. The van der Waals surface area contributed by atoms with Crippen molar-refractivity contribution in [1.29, 1.82) is 0 Å². The first-order valence-electron chi connectivity index (χ1n) is 4.88. The summed E-state index contributed by atoms with van der Waals surface area (Å²) in [6.07, 6.45) is 0. The number of carbonyl (C=O) groups is 1. The van der Waals surface area contributed by atoms with Crippen LogP contribution in [0.1, 0.15) is 10.4 Å². The SMILES string of the molecule is COc1cccc(C(=O)N=[N+]=[N-])c1[SiH](C)C. The molecule has 1 rings (SSSR count). The van der Waals surface area contributed by atoms with E-state index in [2.05, 4.69) is 23.1 Å². The molecule has 0 aliphatic carbocycles. The molecule has 16 heavy (non-hydrogen) atoms. The molecule has 0 aromatic heterocycles. The number of nitrogens with zero attached hydrogens (tertiary/aromatic N) is 3. The van der Waals surface area contributed by atoms with Crippen molar-refractivity contribution in [3.8, 4) is 5.75 Å². The second-order valence-electron chi connectivity index (χ2n) is 3.57. The molecular weight excluding hydrogens is 222 g/mol. The molecule has 0 fully saturated rings. The number of hydrogen-bond acceptors (Lipinski definition) is 2. The highest BCUT2D eigenvalue weighted by Gasteiger charge is 2.17. The van der Waals surface area contributed by atoms with Crippen molar-refractivity contribution in [1.82, 2.24) is 0 Å². The third kappa shape index (κ3) is 2.42. The van der Waals surface area contributed by atoms with Gasteiger partial charge in [-0.25, -0.2) is 0 Å².